The minimum absolute atomic E-state index is 0.0630. The molecule has 112 valence electrons. The number of carbonyl (C=O) groups is 2. The highest BCUT2D eigenvalue weighted by atomic mass is 28.4. The van der Waals surface area contributed by atoms with Gasteiger partial charge in [-0.1, -0.05) is 18.7 Å². The number of imide groups is 1. The van der Waals surface area contributed by atoms with Gasteiger partial charge in [0.15, 0.2) is 0 Å². The van der Waals surface area contributed by atoms with Crippen LogP contribution in [0.5, 0.6) is 0 Å². The number of hydrogen-bond acceptors (Lipinski definition) is 5. The number of anilines is 1. The molecule has 1 aliphatic heterocycles. The first-order valence-corrected chi connectivity index (χ1v) is 8.02. The van der Waals surface area contributed by atoms with Gasteiger partial charge in [0.2, 0.25) is 5.91 Å². The van der Waals surface area contributed by atoms with Gasteiger partial charge in [-0.05, 0) is 12.1 Å². The van der Waals surface area contributed by atoms with Crippen molar-refractivity contribution in [2.45, 2.75) is 6.42 Å². The Bertz CT molecular complexity index is 571. The Hall–Kier alpha value is -1.80. The Kier molecular flexibility index (Phi) is 4.38. The van der Waals surface area contributed by atoms with Gasteiger partial charge in [0.05, 0.1) is 12.1 Å². The van der Waals surface area contributed by atoms with Crippen molar-refractivity contribution in [1.82, 2.24) is 0 Å². The molecule has 1 saturated heterocycles. The lowest BCUT2D eigenvalue weighted by molar-refractivity contribution is -0.120. The lowest BCUT2D eigenvalue weighted by Gasteiger charge is -2.25. The van der Waals surface area contributed by atoms with Crippen LogP contribution in [0.2, 0.25) is 0 Å². The quantitative estimate of drug-likeness (QED) is 0.452. The fourth-order valence-electron chi connectivity index (χ4n) is 2.29. The largest absolute Gasteiger partial charge is 0.536 e. The molecule has 0 spiro atoms. The number of carbonyl (C=O) groups excluding carboxylic acids is 2. The van der Waals surface area contributed by atoms with Crippen molar-refractivity contribution < 1.29 is 22.9 Å². The van der Waals surface area contributed by atoms with Gasteiger partial charge in [-0.15, -0.1) is 0 Å². The van der Waals surface area contributed by atoms with Gasteiger partial charge in [0, 0.05) is 32.1 Å². The van der Waals surface area contributed by atoms with Crippen LogP contribution in [0.3, 0.4) is 0 Å². The first-order chi connectivity index (χ1) is 9.99. The van der Waals surface area contributed by atoms with Crippen LogP contribution in [-0.2, 0) is 22.9 Å². The molecular formula is C14H17NO5Si. The summed E-state index contributed by atoms with van der Waals surface area (Å²) in [6, 6.07) is 6.81. The van der Waals surface area contributed by atoms with Crippen molar-refractivity contribution in [3.05, 3.63) is 36.4 Å². The Labute approximate surface area is 124 Å². The molecule has 0 N–H and O–H groups in total. The van der Waals surface area contributed by atoms with E-state index >= 15 is 0 Å². The van der Waals surface area contributed by atoms with Crippen LogP contribution in [0.15, 0.2) is 36.4 Å². The molecule has 21 heavy (non-hydrogen) atoms. The van der Waals surface area contributed by atoms with Gasteiger partial charge < -0.3 is 13.3 Å². The minimum Gasteiger partial charge on any atom is -0.373 e. The number of amides is 2. The van der Waals surface area contributed by atoms with Crippen LogP contribution in [0.4, 0.5) is 5.69 Å². The second-order valence-electron chi connectivity index (χ2n) is 4.53. The van der Waals surface area contributed by atoms with Gasteiger partial charge in [0.25, 0.3) is 5.91 Å². The molecule has 0 aromatic heterocycles. The predicted molar refractivity (Wildman–Crippen MR) is 79.1 cm³/mol. The SMILES string of the molecule is C=C1CC(=O)N(c2ccc([Si](OC)(OC)OC)cc2)C1=O. The summed E-state index contributed by atoms with van der Waals surface area (Å²) in [6.45, 7) is 3.59. The summed E-state index contributed by atoms with van der Waals surface area (Å²) in [4.78, 5) is 24.9. The monoisotopic (exact) mass is 307 g/mol. The van der Waals surface area contributed by atoms with Gasteiger partial charge in [-0.3, -0.25) is 9.59 Å². The Morgan fingerprint density at radius 1 is 1.05 bits per heavy atom. The maximum Gasteiger partial charge on any atom is 0.536 e. The Morgan fingerprint density at radius 2 is 1.57 bits per heavy atom. The number of hydrogen-bond donors (Lipinski definition) is 0. The molecule has 7 heteroatoms. The molecule has 2 rings (SSSR count). The molecule has 1 aromatic carbocycles. The van der Waals surface area contributed by atoms with Crippen LogP contribution in [-0.4, -0.2) is 41.9 Å². The maximum absolute atomic E-state index is 11.9. The fraction of sp³-hybridized carbons (Fsp3) is 0.286. The van der Waals surface area contributed by atoms with Gasteiger partial charge in [0.1, 0.15) is 0 Å². The first kappa shape index (κ1) is 15.6. The van der Waals surface area contributed by atoms with E-state index in [-0.39, 0.29) is 18.2 Å². The summed E-state index contributed by atoms with van der Waals surface area (Å²) in [6.07, 6.45) is 0.0630. The molecule has 0 radical (unpaired) electrons. The molecule has 1 aliphatic rings. The van der Waals surface area contributed by atoms with Crippen molar-refractivity contribution in [2.75, 3.05) is 26.2 Å². The molecule has 0 atom stereocenters. The van der Waals surface area contributed by atoms with Crippen LogP contribution in [0.25, 0.3) is 0 Å². The van der Waals surface area contributed by atoms with E-state index in [1.54, 1.807) is 24.3 Å². The average molecular weight is 307 g/mol. The van der Waals surface area contributed by atoms with Crippen LogP contribution < -0.4 is 10.1 Å². The van der Waals surface area contributed by atoms with Crippen molar-refractivity contribution in [3.8, 4) is 0 Å². The van der Waals surface area contributed by atoms with E-state index < -0.39 is 8.80 Å². The first-order valence-electron chi connectivity index (χ1n) is 6.30. The molecule has 0 saturated carbocycles. The zero-order valence-electron chi connectivity index (χ0n) is 12.2. The topological polar surface area (TPSA) is 65.1 Å². The Balaban J connectivity index is 2.33. The number of nitrogens with zero attached hydrogens (tertiary/aromatic N) is 1. The maximum atomic E-state index is 11.9. The van der Waals surface area contributed by atoms with Crippen molar-refractivity contribution in [1.29, 1.82) is 0 Å². The van der Waals surface area contributed by atoms with E-state index in [0.29, 0.717) is 11.3 Å². The highest BCUT2D eigenvalue weighted by Gasteiger charge is 2.41. The summed E-state index contributed by atoms with van der Waals surface area (Å²) in [5.74, 6) is -0.632. The molecule has 0 aliphatic carbocycles. The lowest BCUT2D eigenvalue weighted by atomic mass is 10.3. The van der Waals surface area contributed by atoms with Gasteiger partial charge in [-0.2, -0.15) is 0 Å². The Morgan fingerprint density at radius 3 is 1.95 bits per heavy atom. The lowest BCUT2D eigenvalue weighted by Crippen LogP contribution is -2.54. The average Bonchev–Trinajstić information content (AvgIpc) is 2.75. The van der Waals surface area contributed by atoms with E-state index in [0.717, 1.165) is 10.1 Å². The fourth-order valence-corrected chi connectivity index (χ4v) is 4.07. The molecule has 1 aromatic rings. The van der Waals surface area contributed by atoms with E-state index in [1.165, 1.54) is 21.3 Å². The number of rotatable bonds is 5. The summed E-state index contributed by atoms with van der Waals surface area (Å²) < 4.78 is 16.1. The van der Waals surface area contributed by atoms with Crippen molar-refractivity contribution >= 4 is 31.5 Å². The van der Waals surface area contributed by atoms with E-state index in [4.69, 9.17) is 13.3 Å². The summed E-state index contributed by atoms with van der Waals surface area (Å²) >= 11 is 0. The highest BCUT2D eigenvalue weighted by molar-refractivity contribution is 6.75. The molecule has 2 amide bonds. The van der Waals surface area contributed by atoms with Crippen molar-refractivity contribution in [2.24, 2.45) is 0 Å². The van der Waals surface area contributed by atoms with E-state index in [9.17, 15) is 9.59 Å². The summed E-state index contributed by atoms with van der Waals surface area (Å²) in [5.41, 5.74) is 0.803. The molecule has 0 unspecified atom stereocenters. The van der Waals surface area contributed by atoms with Crippen LogP contribution in [0, 0.1) is 0 Å². The minimum atomic E-state index is -2.91. The molecule has 6 nitrogen and oxygen atoms in total. The third kappa shape index (κ3) is 2.56. The molecule has 1 fully saturated rings. The zero-order chi connectivity index (χ0) is 15.6. The van der Waals surface area contributed by atoms with Crippen LogP contribution >= 0.6 is 0 Å². The van der Waals surface area contributed by atoms with E-state index in [2.05, 4.69) is 6.58 Å². The number of benzene rings is 1. The summed E-state index contributed by atoms with van der Waals surface area (Å²) in [5, 5.41) is 0.747. The van der Waals surface area contributed by atoms with E-state index in [1.807, 2.05) is 0 Å². The third-order valence-electron chi connectivity index (χ3n) is 3.40. The third-order valence-corrected chi connectivity index (χ3v) is 6.06. The molecular weight excluding hydrogens is 290 g/mol. The highest BCUT2D eigenvalue weighted by Crippen LogP contribution is 2.24. The zero-order valence-corrected chi connectivity index (χ0v) is 13.2. The van der Waals surface area contributed by atoms with Gasteiger partial charge in [-0.25, -0.2) is 4.90 Å². The predicted octanol–water partition coefficient (Wildman–Crippen LogP) is 0.591. The van der Waals surface area contributed by atoms with Crippen molar-refractivity contribution in [3.63, 3.8) is 0 Å². The van der Waals surface area contributed by atoms with Crippen LogP contribution in [0.1, 0.15) is 6.42 Å². The normalized spacial score (nSPS) is 16.0. The smallest absolute Gasteiger partial charge is 0.373 e. The molecule has 0 bridgehead atoms. The molecule has 1 heterocycles. The second kappa shape index (κ2) is 5.90. The van der Waals surface area contributed by atoms with Gasteiger partial charge >= 0.3 is 8.80 Å². The summed E-state index contributed by atoms with van der Waals surface area (Å²) in [7, 11) is 1.65. The standard InChI is InChI=1S/C14H17NO5Si/c1-10-9-13(16)15(14(10)17)11-5-7-12(8-6-11)21(18-2,19-3)20-4/h5-8H,1,9H2,2-4H3. The second-order valence-corrected chi connectivity index (χ2v) is 7.44.